The molecule has 1 aliphatic rings. The second kappa shape index (κ2) is 6.48. The monoisotopic (exact) mass is 291 g/mol. The molecule has 0 aromatic heterocycles. The van der Waals surface area contributed by atoms with Gasteiger partial charge in [0.1, 0.15) is 5.75 Å². The van der Waals surface area contributed by atoms with Crippen LogP contribution in [0.4, 0.5) is 0 Å². The average Bonchev–Trinajstić information content (AvgIpc) is 2.42. The molecule has 0 spiro atoms. The van der Waals surface area contributed by atoms with Crippen LogP contribution < -0.4 is 4.74 Å². The largest absolute Gasteiger partial charge is 0.493 e. The van der Waals surface area contributed by atoms with Crippen LogP contribution in [0.25, 0.3) is 0 Å². The maximum Gasteiger partial charge on any atom is 0.226 e. The van der Waals surface area contributed by atoms with Crippen molar-refractivity contribution in [3.05, 3.63) is 29.3 Å². The number of benzene rings is 1. The highest BCUT2D eigenvalue weighted by atomic mass is 16.5. The maximum atomic E-state index is 12.1. The van der Waals surface area contributed by atoms with E-state index < -0.39 is 5.60 Å². The Labute approximate surface area is 126 Å². The van der Waals surface area contributed by atoms with Crippen molar-refractivity contribution in [2.24, 2.45) is 0 Å². The summed E-state index contributed by atoms with van der Waals surface area (Å²) in [7, 11) is 0. The fraction of sp³-hybridized carbons (Fsp3) is 0.588. The number of ether oxygens (including phenoxy) is 1. The average molecular weight is 291 g/mol. The number of rotatable bonds is 4. The highest BCUT2D eigenvalue weighted by molar-refractivity contribution is 5.76. The summed E-state index contributed by atoms with van der Waals surface area (Å²) in [5.41, 5.74) is 1.81. The summed E-state index contributed by atoms with van der Waals surface area (Å²) in [5.74, 6) is 0.918. The number of carbonyl (C=O) groups is 1. The second-order valence-corrected chi connectivity index (χ2v) is 6.22. The molecule has 1 amide bonds. The van der Waals surface area contributed by atoms with Crippen LogP contribution in [-0.4, -0.2) is 41.2 Å². The number of amides is 1. The highest BCUT2D eigenvalue weighted by Crippen LogP contribution is 2.21. The standard InChI is InChI=1S/C17H25NO3/c1-13-4-5-15(12-14(13)2)21-11-6-16(19)18-9-7-17(3,20)8-10-18/h4-5,12,20H,6-11H2,1-3H3. The molecule has 1 saturated heterocycles. The van der Waals surface area contributed by atoms with E-state index in [1.54, 1.807) is 0 Å². The van der Waals surface area contributed by atoms with E-state index in [9.17, 15) is 9.90 Å². The predicted octanol–water partition coefficient (Wildman–Crippen LogP) is 2.45. The fourth-order valence-corrected chi connectivity index (χ4v) is 2.46. The lowest BCUT2D eigenvalue weighted by Crippen LogP contribution is -2.45. The number of nitrogens with zero attached hydrogens (tertiary/aromatic N) is 1. The van der Waals surface area contributed by atoms with Gasteiger partial charge in [0.2, 0.25) is 5.91 Å². The minimum absolute atomic E-state index is 0.106. The van der Waals surface area contributed by atoms with Gasteiger partial charge < -0.3 is 14.7 Å². The molecule has 1 N–H and O–H groups in total. The van der Waals surface area contributed by atoms with Gasteiger partial charge in [0.05, 0.1) is 18.6 Å². The zero-order valence-corrected chi connectivity index (χ0v) is 13.2. The predicted molar refractivity (Wildman–Crippen MR) is 82.5 cm³/mol. The van der Waals surface area contributed by atoms with Crippen LogP contribution in [0.3, 0.4) is 0 Å². The van der Waals surface area contributed by atoms with Crippen molar-refractivity contribution in [3.8, 4) is 5.75 Å². The summed E-state index contributed by atoms with van der Waals surface area (Å²) in [4.78, 5) is 13.9. The van der Waals surface area contributed by atoms with Crippen LogP contribution in [0.15, 0.2) is 18.2 Å². The first-order valence-electron chi connectivity index (χ1n) is 7.58. The molecule has 0 atom stereocenters. The third kappa shape index (κ3) is 4.46. The first kappa shape index (κ1) is 15.8. The quantitative estimate of drug-likeness (QED) is 0.927. The van der Waals surface area contributed by atoms with Crippen molar-refractivity contribution >= 4 is 5.91 Å². The van der Waals surface area contributed by atoms with Crippen LogP contribution in [0.1, 0.15) is 37.3 Å². The number of aliphatic hydroxyl groups is 1. The molecule has 0 bridgehead atoms. The molecular formula is C17H25NO3. The Bertz CT molecular complexity index is 501. The van der Waals surface area contributed by atoms with E-state index in [1.165, 1.54) is 11.1 Å². The summed E-state index contributed by atoms with van der Waals surface area (Å²) in [5, 5.41) is 9.88. The summed E-state index contributed by atoms with van der Waals surface area (Å²) >= 11 is 0. The maximum absolute atomic E-state index is 12.1. The van der Waals surface area contributed by atoms with Crippen molar-refractivity contribution < 1.29 is 14.6 Å². The van der Waals surface area contributed by atoms with E-state index in [2.05, 4.69) is 6.92 Å². The van der Waals surface area contributed by atoms with E-state index in [0.717, 1.165) is 5.75 Å². The van der Waals surface area contributed by atoms with Crippen LogP contribution in [0.5, 0.6) is 5.75 Å². The lowest BCUT2D eigenvalue weighted by molar-refractivity contribution is -0.135. The molecule has 4 nitrogen and oxygen atoms in total. The van der Waals surface area contributed by atoms with Crippen molar-refractivity contribution in [1.29, 1.82) is 0 Å². The molecule has 0 saturated carbocycles. The Morgan fingerprint density at radius 2 is 1.95 bits per heavy atom. The van der Waals surface area contributed by atoms with E-state index >= 15 is 0 Å². The van der Waals surface area contributed by atoms with Crippen LogP contribution >= 0.6 is 0 Å². The normalized spacial score (nSPS) is 17.6. The molecule has 0 radical (unpaired) electrons. The molecule has 1 heterocycles. The van der Waals surface area contributed by atoms with Crippen molar-refractivity contribution in [2.75, 3.05) is 19.7 Å². The number of hydrogen-bond donors (Lipinski definition) is 1. The lowest BCUT2D eigenvalue weighted by atomic mass is 9.94. The van der Waals surface area contributed by atoms with Gasteiger partial charge in [-0.15, -0.1) is 0 Å². The summed E-state index contributed by atoms with van der Waals surface area (Å²) in [6.45, 7) is 7.61. The van der Waals surface area contributed by atoms with Crippen LogP contribution in [0, 0.1) is 13.8 Å². The van der Waals surface area contributed by atoms with Crippen molar-refractivity contribution in [3.63, 3.8) is 0 Å². The molecule has 0 aliphatic carbocycles. The molecule has 0 unspecified atom stereocenters. The summed E-state index contributed by atoms with van der Waals surface area (Å²) < 4.78 is 5.65. The van der Waals surface area contributed by atoms with E-state index in [1.807, 2.05) is 36.9 Å². The van der Waals surface area contributed by atoms with Gasteiger partial charge in [-0.1, -0.05) is 6.07 Å². The summed E-state index contributed by atoms with van der Waals surface area (Å²) in [6, 6.07) is 5.96. The van der Waals surface area contributed by atoms with Gasteiger partial charge in [-0.2, -0.15) is 0 Å². The number of likely N-dealkylation sites (tertiary alicyclic amines) is 1. The van der Waals surface area contributed by atoms with Gasteiger partial charge in [0.25, 0.3) is 0 Å². The Kier molecular flexibility index (Phi) is 4.88. The molecular weight excluding hydrogens is 266 g/mol. The molecule has 4 heteroatoms. The van der Waals surface area contributed by atoms with Gasteiger partial charge in [0.15, 0.2) is 0 Å². The Morgan fingerprint density at radius 3 is 2.57 bits per heavy atom. The number of carbonyl (C=O) groups excluding carboxylic acids is 1. The first-order chi connectivity index (χ1) is 9.87. The second-order valence-electron chi connectivity index (χ2n) is 6.22. The fourth-order valence-electron chi connectivity index (χ4n) is 2.46. The third-order valence-corrected chi connectivity index (χ3v) is 4.26. The molecule has 21 heavy (non-hydrogen) atoms. The van der Waals surface area contributed by atoms with Crippen molar-refractivity contribution in [2.45, 2.75) is 45.6 Å². The minimum atomic E-state index is -0.618. The summed E-state index contributed by atoms with van der Waals surface area (Å²) in [6.07, 6.45) is 1.68. The topological polar surface area (TPSA) is 49.8 Å². The highest BCUT2D eigenvalue weighted by Gasteiger charge is 2.29. The molecule has 1 aromatic rings. The zero-order valence-electron chi connectivity index (χ0n) is 13.2. The van der Waals surface area contributed by atoms with Gasteiger partial charge in [-0.3, -0.25) is 4.79 Å². The molecule has 1 fully saturated rings. The van der Waals surface area contributed by atoms with E-state index in [4.69, 9.17) is 4.74 Å². The molecule has 1 aliphatic heterocycles. The zero-order chi connectivity index (χ0) is 15.5. The van der Waals surface area contributed by atoms with E-state index in [0.29, 0.717) is 39.0 Å². The third-order valence-electron chi connectivity index (χ3n) is 4.26. The first-order valence-corrected chi connectivity index (χ1v) is 7.58. The Balaban J connectivity index is 1.75. The molecule has 116 valence electrons. The smallest absolute Gasteiger partial charge is 0.226 e. The van der Waals surface area contributed by atoms with Gasteiger partial charge in [-0.05, 0) is 56.9 Å². The lowest BCUT2D eigenvalue weighted by Gasteiger charge is -2.35. The van der Waals surface area contributed by atoms with Crippen molar-refractivity contribution in [1.82, 2.24) is 4.90 Å². The number of piperidine rings is 1. The Hall–Kier alpha value is -1.55. The number of aryl methyl sites for hydroxylation is 2. The van der Waals surface area contributed by atoms with E-state index in [-0.39, 0.29) is 5.91 Å². The van der Waals surface area contributed by atoms with Gasteiger partial charge in [0, 0.05) is 13.1 Å². The Morgan fingerprint density at radius 1 is 1.29 bits per heavy atom. The SMILES string of the molecule is Cc1ccc(OCCC(=O)N2CCC(C)(O)CC2)cc1C. The van der Waals surface area contributed by atoms with Crippen LogP contribution in [0.2, 0.25) is 0 Å². The van der Waals surface area contributed by atoms with Crippen LogP contribution in [-0.2, 0) is 4.79 Å². The number of hydrogen-bond acceptors (Lipinski definition) is 3. The van der Waals surface area contributed by atoms with Gasteiger partial charge >= 0.3 is 0 Å². The minimum Gasteiger partial charge on any atom is -0.493 e. The molecule has 1 aromatic carbocycles. The van der Waals surface area contributed by atoms with Gasteiger partial charge in [-0.25, -0.2) is 0 Å². The molecule has 2 rings (SSSR count).